The van der Waals surface area contributed by atoms with Crippen molar-refractivity contribution in [1.82, 2.24) is 9.80 Å². The Kier molecular flexibility index (Phi) is 7.99. The van der Waals surface area contributed by atoms with E-state index in [1.807, 2.05) is 34.1 Å². The first kappa shape index (κ1) is 24.4. The summed E-state index contributed by atoms with van der Waals surface area (Å²) in [6, 6.07) is 14.6. The largest absolute Gasteiger partial charge is 0.496 e. The number of likely N-dealkylation sites (tertiary alicyclic amines) is 2. The maximum atomic E-state index is 13.2. The van der Waals surface area contributed by atoms with E-state index in [1.54, 1.807) is 31.4 Å². The SMILES string of the molecule is COc1ccccc1C(=O)N1CCC(COc2ccc(Cl)cc2)(CC(=O)N2CCCCC2)CC1. The van der Waals surface area contributed by atoms with Crippen LogP contribution in [-0.4, -0.2) is 61.5 Å². The van der Waals surface area contributed by atoms with Crippen LogP contribution in [0.3, 0.4) is 0 Å². The minimum absolute atomic E-state index is 0.0352. The van der Waals surface area contributed by atoms with Gasteiger partial charge in [-0.2, -0.15) is 0 Å². The van der Waals surface area contributed by atoms with Crippen LogP contribution >= 0.6 is 11.6 Å². The standard InChI is InChI=1S/C27H33ClN2O4/c1-33-24-8-4-3-7-23(24)26(32)30-17-13-27(14-18-30,19-25(31)29-15-5-2-6-16-29)20-34-22-11-9-21(28)10-12-22/h3-4,7-12H,2,5-6,13-20H2,1H3. The van der Waals surface area contributed by atoms with Crippen molar-refractivity contribution in [3.05, 3.63) is 59.1 Å². The van der Waals surface area contributed by atoms with Crippen LogP contribution in [0, 0.1) is 5.41 Å². The van der Waals surface area contributed by atoms with Gasteiger partial charge in [-0.25, -0.2) is 0 Å². The molecule has 0 saturated carbocycles. The number of carbonyl (C=O) groups is 2. The summed E-state index contributed by atoms with van der Waals surface area (Å²) in [5.74, 6) is 1.48. The van der Waals surface area contributed by atoms with Crippen molar-refractivity contribution in [2.75, 3.05) is 39.9 Å². The van der Waals surface area contributed by atoms with E-state index in [1.165, 1.54) is 6.42 Å². The van der Waals surface area contributed by atoms with Gasteiger partial charge in [-0.3, -0.25) is 9.59 Å². The second-order valence-corrected chi connectivity index (χ2v) is 9.79. The molecule has 0 N–H and O–H groups in total. The maximum absolute atomic E-state index is 13.2. The van der Waals surface area contributed by atoms with Crippen molar-refractivity contribution in [2.45, 2.75) is 38.5 Å². The topological polar surface area (TPSA) is 59.1 Å². The highest BCUT2D eigenvalue weighted by Crippen LogP contribution is 2.38. The molecule has 2 saturated heterocycles. The minimum atomic E-state index is -0.314. The highest BCUT2D eigenvalue weighted by Gasteiger charge is 2.40. The molecule has 2 aromatic carbocycles. The monoisotopic (exact) mass is 484 g/mol. The second-order valence-electron chi connectivity index (χ2n) is 9.35. The Labute approximate surface area is 206 Å². The zero-order chi connectivity index (χ0) is 24.0. The van der Waals surface area contributed by atoms with Crippen molar-refractivity contribution >= 4 is 23.4 Å². The van der Waals surface area contributed by atoms with Crippen LogP contribution in [0.2, 0.25) is 5.02 Å². The van der Waals surface area contributed by atoms with Crippen LogP contribution in [0.4, 0.5) is 0 Å². The summed E-state index contributed by atoms with van der Waals surface area (Å²) >= 11 is 6.01. The molecule has 0 aromatic heterocycles. The number of halogens is 1. The van der Waals surface area contributed by atoms with E-state index in [9.17, 15) is 9.59 Å². The van der Waals surface area contributed by atoms with E-state index in [2.05, 4.69) is 0 Å². The molecule has 182 valence electrons. The third kappa shape index (κ3) is 5.84. The Hall–Kier alpha value is -2.73. The first-order valence-electron chi connectivity index (χ1n) is 12.1. The summed E-state index contributed by atoms with van der Waals surface area (Å²) in [7, 11) is 1.58. The molecule has 2 aromatic rings. The van der Waals surface area contributed by atoms with Gasteiger partial charge in [0.05, 0.1) is 19.3 Å². The Bertz CT molecular complexity index is 980. The van der Waals surface area contributed by atoms with Gasteiger partial charge in [0.25, 0.3) is 5.91 Å². The quantitative estimate of drug-likeness (QED) is 0.551. The van der Waals surface area contributed by atoms with Gasteiger partial charge in [-0.05, 0) is 68.5 Å². The zero-order valence-corrected chi connectivity index (χ0v) is 20.6. The first-order valence-corrected chi connectivity index (χ1v) is 12.5. The van der Waals surface area contributed by atoms with Gasteiger partial charge in [0, 0.05) is 43.0 Å². The predicted octanol–water partition coefficient (Wildman–Crippen LogP) is 5.05. The van der Waals surface area contributed by atoms with Crippen LogP contribution in [0.25, 0.3) is 0 Å². The van der Waals surface area contributed by atoms with Crippen molar-refractivity contribution < 1.29 is 19.1 Å². The van der Waals surface area contributed by atoms with Gasteiger partial charge >= 0.3 is 0 Å². The van der Waals surface area contributed by atoms with E-state index in [4.69, 9.17) is 21.1 Å². The minimum Gasteiger partial charge on any atom is -0.496 e. The number of methoxy groups -OCH3 is 1. The molecule has 4 rings (SSSR count). The van der Waals surface area contributed by atoms with Crippen molar-refractivity contribution in [3.8, 4) is 11.5 Å². The van der Waals surface area contributed by atoms with Crippen molar-refractivity contribution in [3.63, 3.8) is 0 Å². The van der Waals surface area contributed by atoms with Crippen molar-refractivity contribution in [2.24, 2.45) is 5.41 Å². The van der Waals surface area contributed by atoms with Crippen molar-refractivity contribution in [1.29, 1.82) is 0 Å². The molecular formula is C27H33ClN2O4. The van der Waals surface area contributed by atoms with Crippen LogP contribution in [-0.2, 0) is 4.79 Å². The number of carbonyl (C=O) groups excluding carboxylic acids is 2. The van der Waals surface area contributed by atoms with Gasteiger partial charge in [0.2, 0.25) is 5.91 Å². The molecule has 6 nitrogen and oxygen atoms in total. The zero-order valence-electron chi connectivity index (χ0n) is 19.8. The molecule has 34 heavy (non-hydrogen) atoms. The number of piperidine rings is 2. The predicted molar refractivity (Wildman–Crippen MR) is 133 cm³/mol. The van der Waals surface area contributed by atoms with Gasteiger partial charge < -0.3 is 19.3 Å². The molecule has 0 radical (unpaired) electrons. The fraction of sp³-hybridized carbons (Fsp3) is 0.481. The smallest absolute Gasteiger partial charge is 0.257 e. The lowest BCUT2D eigenvalue weighted by atomic mass is 9.75. The van der Waals surface area contributed by atoms with E-state index < -0.39 is 0 Å². The molecule has 0 spiro atoms. The number of para-hydroxylation sites is 1. The summed E-state index contributed by atoms with van der Waals surface area (Å²) < 4.78 is 11.5. The summed E-state index contributed by atoms with van der Waals surface area (Å²) in [5.41, 5.74) is 0.255. The van der Waals surface area contributed by atoms with E-state index in [-0.39, 0.29) is 17.2 Å². The second kappa shape index (κ2) is 11.1. The summed E-state index contributed by atoms with van der Waals surface area (Å²) in [4.78, 5) is 30.3. The maximum Gasteiger partial charge on any atom is 0.257 e. The molecule has 0 unspecified atom stereocenters. The number of ether oxygens (including phenoxy) is 2. The van der Waals surface area contributed by atoms with E-state index >= 15 is 0 Å². The summed E-state index contributed by atoms with van der Waals surface area (Å²) in [6.45, 7) is 3.27. The Morgan fingerprint density at radius 2 is 1.59 bits per heavy atom. The van der Waals surface area contributed by atoms with Gasteiger partial charge in [0.15, 0.2) is 0 Å². The highest BCUT2D eigenvalue weighted by atomic mass is 35.5. The molecule has 0 aliphatic carbocycles. The molecule has 0 atom stereocenters. The fourth-order valence-electron chi connectivity index (χ4n) is 4.89. The number of nitrogens with zero attached hydrogens (tertiary/aromatic N) is 2. The lowest BCUT2D eigenvalue weighted by molar-refractivity contribution is -0.136. The first-order chi connectivity index (χ1) is 16.5. The lowest BCUT2D eigenvalue weighted by Gasteiger charge is -2.42. The van der Waals surface area contributed by atoms with Crippen LogP contribution in [0.5, 0.6) is 11.5 Å². The lowest BCUT2D eigenvalue weighted by Crippen LogP contribution is -2.48. The van der Waals surface area contributed by atoms with Gasteiger partial charge in [-0.15, -0.1) is 0 Å². The Morgan fingerprint density at radius 3 is 2.26 bits per heavy atom. The molecule has 2 amide bonds. The molecule has 2 heterocycles. The number of hydrogen-bond acceptors (Lipinski definition) is 4. The fourth-order valence-corrected chi connectivity index (χ4v) is 5.02. The average Bonchev–Trinajstić information content (AvgIpc) is 2.89. The van der Waals surface area contributed by atoms with Gasteiger partial charge in [0.1, 0.15) is 11.5 Å². The summed E-state index contributed by atoms with van der Waals surface area (Å²) in [6.07, 6.45) is 5.19. The third-order valence-corrected chi connectivity index (χ3v) is 7.29. The third-order valence-electron chi connectivity index (χ3n) is 7.04. The Morgan fingerprint density at radius 1 is 0.912 bits per heavy atom. The van der Waals surface area contributed by atoms with E-state index in [0.29, 0.717) is 55.3 Å². The Balaban J connectivity index is 1.46. The molecule has 7 heteroatoms. The van der Waals surface area contributed by atoms with Crippen LogP contribution < -0.4 is 9.47 Å². The average molecular weight is 485 g/mol. The van der Waals surface area contributed by atoms with Crippen LogP contribution in [0.1, 0.15) is 48.9 Å². The molecule has 2 aliphatic rings. The molecular weight excluding hydrogens is 452 g/mol. The van der Waals surface area contributed by atoms with Crippen LogP contribution in [0.15, 0.2) is 48.5 Å². The molecule has 2 aliphatic heterocycles. The summed E-state index contributed by atoms with van der Waals surface area (Å²) in [5, 5.41) is 0.658. The van der Waals surface area contributed by atoms with E-state index in [0.717, 1.165) is 31.7 Å². The normalized spacial score (nSPS) is 17.8. The number of benzene rings is 2. The number of hydrogen-bond donors (Lipinski definition) is 0. The molecule has 2 fully saturated rings. The highest BCUT2D eigenvalue weighted by molar-refractivity contribution is 6.30. The molecule has 0 bridgehead atoms. The van der Waals surface area contributed by atoms with Gasteiger partial charge in [-0.1, -0.05) is 23.7 Å². The number of rotatable bonds is 7. The number of amides is 2.